The van der Waals surface area contributed by atoms with Crippen molar-refractivity contribution < 1.29 is 18.7 Å². The molecule has 0 aliphatic rings. The van der Waals surface area contributed by atoms with Crippen molar-refractivity contribution in [1.29, 1.82) is 0 Å². The fourth-order valence-corrected chi connectivity index (χ4v) is 1.33. The number of esters is 1. The van der Waals surface area contributed by atoms with Crippen LogP contribution in [0.15, 0.2) is 24.3 Å². The number of amides is 1. The van der Waals surface area contributed by atoms with Gasteiger partial charge in [-0.1, -0.05) is 0 Å². The van der Waals surface area contributed by atoms with Crippen molar-refractivity contribution in [3.63, 3.8) is 0 Å². The SMILES string of the molecule is CCOC(=O)C(N)C(=O)N(C)c1ccc(F)cc1. The number of halogens is 1. The molecule has 1 aromatic rings. The number of nitrogens with zero attached hydrogens (tertiary/aromatic N) is 1. The molecule has 0 saturated heterocycles. The molecule has 0 saturated carbocycles. The molecule has 2 N–H and O–H groups in total. The van der Waals surface area contributed by atoms with Crippen LogP contribution in [0.5, 0.6) is 0 Å². The molecule has 1 atom stereocenters. The van der Waals surface area contributed by atoms with Crippen LogP contribution in [0.4, 0.5) is 10.1 Å². The number of benzene rings is 1. The number of likely N-dealkylation sites (N-methyl/N-ethyl adjacent to an activating group) is 1. The van der Waals surface area contributed by atoms with E-state index in [1.165, 1.54) is 36.2 Å². The van der Waals surface area contributed by atoms with E-state index in [2.05, 4.69) is 4.74 Å². The van der Waals surface area contributed by atoms with Gasteiger partial charge in [0.25, 0.3) is 5.91 Å². The van der Waals surface area contributed by atoms with Gasteiger partial charge in [0.2, 0.25) is 0 Å². The van der Waals surface area contributed by atoms with E-state index in [1.54, 1.807) is 6.92 Å². The topological polar surface area (TPSA) is 72.6 Å². The van der Waals surface area contributed by atoms with Crippen LogP contribution in [0.1, 0.15) is 6.92 Å². The third kappa shape index (κ3) is 3.27. The Bertz CT molecular complexity index is 433. The number of carbonyl (C=O) groups excluding carboxylic acids is 2. The van der Waals surface area contributed by atoms with E-state index in [0.29, 0.717) is 5.69 Å². The van der Waals surface area contributed by atoms with Gasteiger partial charge in [-0.3, -0.25) is 4.79 Å². The molecular weight excluding hydrogens is 239 g/mol. The highest BCUT2D eigenvalue weighted by molar-refractivity contribution is 6.09. The molecule has 5 nitrogen and oxygen atoms in total. The molecule has 18 heavy (non-hydrogen) atoms. The maximum Gasteiger partial charge on any atom is 0.332 e. The second-order valence-corrected chi connectivity index (χ2v) is 3.60. The predicted octanol–water partition coefficient (Wildman–Crippen LogP) is 0.679. The van der Waals surface area contributed by atoms with Crippen molar-refractivity contribution in [3.05, 3.63) is 30.1 Å². The van der Waals surface area contributed by atoms with E-state index < -0.39 is 23.7 Å². The Labute approximate surface area is 104 Å². The molecule has 0 heterocycles. The minimum Gasteiger partial charge on any atom is -0.464 e. The van der Waals surface area contributed by atoms with Crippen LogP contribution < -0.4 is 10.6 Å². The Kier molecular flexibility index (Phi) is 4.79. The predicted molar refractivity (Wildman–Crippen MR) is 64.4 cm³/mol. The molecule has 1 unspecified atom stereocenters. The number of rotatable bonds is 4. The van der Waals surface area contributed by atoms with Crippen LogP contribution in [-0.4, -0.2) is 31.6 Å². The molecule has 1 amide bonds. The maximum atomic E-state index is 12.7. The van der Waals surface area contributed by atoms with E-state index in [-0.39, 0.29) is 6.61 Å². The van der Waals surface area contributed by atoms with E-state index >= 15 is 0 Å². The molecule has 0 fully saturated rings. The van der Waals surface area contributed by atoms with Crippen molar-refractivity contribution in [3.8, 4) is 0 Å². The largest absolute Gasteiger partial charge is 0.464 e. The average molecular weight is 254 g/mol. The van der Waals surface area contributed by atoms with Crippen LogP contribution in [0.3, 0.4) is 0 Å². The average Bonchev–Trinajstić information content (AvgIpc) is 2.37. The highest BCUT2D eigenvalue weighted by atomic mass is 19.1. The Morgan fingerprint density at radius 1 is 1.39 bits per heavy atom. The Hall–Kier alpha value is -1.95. The summed E-state index contributed by atoms with van der Waals surface area (Å²) in [5, 5.41) is 0. The monoisotopic (exact) mass is 254 g/mol. The standard InChI is InChI=1S/C12H15FN2O3/c1-3-18-12(17)10(14)11(16)15(2)9-6-4-8(13)5-7-9/h4-7,10H,3,14H2,1-2H3. The lowest BCUT2D eigenvalue weighted by molar-refractivity contribution is -0.147. The molecule has 6 heteroatoms. The summed E-state index contributed by atoms with van der Waals surface area (Å²) in [6.45, 7) is 1.78. The van der Waals surface area contributed by atoms with E-state index in [9.17, 15) is 14.0 Å². The minimum atomic E-state index is -1.37. The van der Waals surface area contributed by atoms with Gasteiger partial charge in [0.15, 0.2) is 6.04 Å². The lowest BCUT2D eigenvalue weighted by atomic mass is 10.2. The van der Waals surface area contributed by atoms with Crippen molar-refractivity contribution in [2.75, 3.05) is 18.6 Å². The lowest BCUT2D eigenvalue weighted by Gasteiger charge is -2.20. The van der Waals surface area contributed by atoms with Gasteiger partial charge in [-0.05, 0) is 31.2 Å². The first kappa shape index (κ1) is 14.1. The fourth-order valence-electron chi connectivity index (χ4n) is 1.33. The van der Waals surface area contributed by atoms with Gasteiger partial charge in [0, 0.05) is 12.7 Å². The summed E-state index contributed by atoms with van der Waals surface area (Å²) >= 11 is 0. The van der Waals surface area contributed by atoms with Gasteiger partial charge in [0.05, 0.1) is 6.61 Å². The highest BCUT2D eigenvalue weighted by Gasteiger charge is 2.27. The van der Waals surface area contributed by atoms with Crippen molar-refractivity contribution in [2.45, 2.75) is 13.0 Å². The first-order valence-corrected chi connectivity index (χ1v) is 5.42. The normalized spacial score (nSPS) is 11.8. The molecule has 0 aliphatic heterocycles. The maximum absolute atomic E-state index is 12.7. The first-order valence-electron chi connectivity index (χ1n) is 5.42. The van der Waals surface area contributed by atoms with E-state index in [1.807, 2.05) is 0 Å². The molecule has 1 rings (SSSR count). The summed E-state index contributed by atoms with van der Waals surface area (Å²) < 4.78 is 17.4. The molecule has 0 spiro atoms. The van der Waals surface area contributed by atoms with Crippen LogP contribution in [-0.2, 0) is 14.3 Å². The van der Waals surface area contributed by atoms with Gasteiger partial charge < -0.3 is 15.4 Å². The fraction of sp³-hybridized carbons (Fsp3) is 0.333. The summed E-state index contributed by atoms with van der Waals surface area (Å²) in [4.78, 5) is 24.4. The second kappa shape index (κ2) is 6.11. The zero-order valence-electron chi connectivity index (χ0n) is 10.2. The first-order chi connectivity index (χ1) is 8.47. The van der Waals surface area contributed by atoms with Gasteiger partial charge in [-0.15, -0.1) is 0 Å². The van der Waals surface area contributed by atoms with E-state index in [0.717, 1.165) is 0 Å². The molecule has 98 valence electrons. The zero-order chi connectivity index (χ0) is 13.7. The number of anilines is 1. The minimum absolute atomic E-state index is 0.153. The van der Waals surface area contributed by atoms with Crippen molar-refractivity contribution in [2.24, 2.45) is 5.73 Å². The molecule has 0 radical (unpaired) electrons. The summed E-state index contributed by atoms with van der Waals surface area (Å²) in [6, 6.07) is 3.90. The smallest absolute Gasteiger partial charge is 0.332 e. The van der Waals surface area contributed by atoms with Crippen LogP contribution in [0.25, 0.3) is 0 Å². The van der Waals surface area contributed by atoms with Gasteiger partial charge in [-0.25, -0.2) is 9.18 Å². The Balaban J connectivity index is 2.77. The van der Waals surface area contributed by atoms with Crippen LogP contribution >= 0.6 is 0 Å². The second-order valence-electron chi connectivity index (χ2n) is 3.60. The van der Waals surface area contributed by atoms with Crippen molar-refractivity contribution >= 4 is 17.6 Å². The number of ether oxygens (including phenoxy) is 1. The molecule has 0 aliphatic carbocycles. The van der Waals surface area contributed by atoms with Crippen LogP contribution in [0.2, 0.25) is 0 Å². The highest BCUT2D eigenvalue weighted by Crippen LogP contribution is 2.13. The van der Waals surface area contributed by atoms with Crippen LogP contribution in [0, 0.1) is 5.82 Å². The lowest BCUT2D eigenvalue weighted by Crippen LogP contribution is -2.47. The van der Waals surface area contributed by atoms with Gasteiger partial charge in [0.1, 0.15) is 5.82 Å². The van der Waals surface area contributed by atoms with Crippen molar-refractivity contribution in [1.82, 2.24) is 0 Å². The number of carbonyl (C=O) groups is 2. The summed E-state index contributed by atoms with van der Waals surface area (Å²) in [5.41, 5.74) is 5.92. The van der Waals surface area contributed by atoms with E-state index in [4.69, 9.17) is 5.73 Å². The number of hydrogen-bond donors (Lipinski definition) is 1. The Morgan fingerprint density at radius 2 is 1.94 bits per heavy atom. The third-order valence-electron chi connectivity index (χ3n) is 2.35. The quantitative estimate of drug-likeness (QED) is 0.633. The number of hydrogen-bond acceptors (Lipinski definition) is 4. The zero-order valence-corrected chi connectivity index (χ0v) is 10.2. The number of nitrogens with two attached hydrogens (primary N) is 1. The molecule has 0 bridgehead atoms. The molecule has 0 aromatic heterocycles. The van der Waals surface area contributed by atoms with Gasteiger partial charge >= 0.3 is 5.97 Å². The summed E-state index contributed by atoms with van der Waals surface area (Å²) in [5.74, 6) is -1.80. The summed E-state index contributed by atoms with van der Waals surface area (Å²) in [6.07, 6.45) is 0. The molecule has 1 aromatic carbocycles. The Morgan fingerprint density at radius 3 is 2.44 bits per heavy atom. The van der Waals surface area contributed by atoms with Gasteiger partial charge in [-0.2, -0.15) is 0 Å². The molecular formula is C12H15FN2O3. The summed E-state index contributed by atoms with van der Waals surface area (Å²) in [7, 11) is 1.45. The third-order valence-corrected chi connectivity index (χ3v) is 2.35.